The van der Waals surface area contributed by atoms with Crippen LogP contribution in [0.3, 0.4) is 0 Å². The molecule has 128 valence electrons. The number of carbonyl (C=O) groups is 1. The number of furan rings is 1. The van der Waals surface area contributed by atoms with Crippen LogP contribution in [0, 0.1) is 0 Å². The average Bonchev–Trinajstić information content (AvgIpc) is 3.30. The number of anilines is 1. The summed E-state index contributed by atoms with van der Waals surface area (Å²) in [5, 5.41) is 5.68. The Labute approximate surface area is 141 Å². The van der Waals surface area contributed by atoms with Gasteiger partial charge in [0.2, 0.25) is 5.88 Å². The molecule has 2 aromatic rings. The number of methoxy groups -OCH3 is 1. The molecular weight excluding hydrogens is 308 g/mol. The van der Waals surface area contributed by atoms with Crippen LogP contribution in [0.2, 0.25) is 0 Å². The molecule has 0 saturated carbocycles. The van der Waals surface area contributed by atoms with Crippen LogP contribution >= 0.6 is 0 Å². The maximum atomic E-state index is 12.2. The number of rotatable bonds is 6. The number of aromatic nitrogens is 1. The minimum absolute atomic E-state index is 0.0454. The lowest BCUT2D eigenvalue weighted by Crippen LogP contribution is -2.38. The van der Waals surface area contributed by atoms with E-state index >= 15 is 0 Å². The predicted molar refractivity (Wildman–Crippen MR) is 90.1 cm³/mol. The number of nitrogens with zero attached hydrogens (tertiary/aromatic N) is 2. The van der Waals surface area contributed by atoms with Crippen molar-refractivity contribution in [3.05, 3.63) is 42.5 Å². The third-order valence-electron chi connectivity index (χ3n) is 4.12. The lowest BCUT2D eigenvalue weighted by Gasteiger charge is -2.26. The second kappa shape index (κ2) is 7.83. The third kappa shape index (κ3) is 3.86. The van der Waals surface area contributed by atoms with Gasteiger partial charge in [-0.25, -0.2) is 9.78 Å². The van der Waals surface area contributed by atoms with Gasteiger partial charge in [0, 0.05) is 12.7 Å². The molecule has 1 atom stereocenters. The highest BCUT2D eigenvalue weighted by Crippen LogP contribution is 2.25. The van der Waals surface area contributed by atoms with Crippen LogP contribution in [0.25, 0.3) is 0 Å². The van der Waals surface area contributed by atoms with E-state index in [2.05, 4.69) is 20.5 Å². The van der Waals surface area contributed by atoms with Gasteiger partial charge in [-0.2, -0.15) is 0 Å². The van der Waals surface area contributed by atoms with E-state index in [0.29, 0.717) is 18.1 Å². The molecule has 2 aromatic heterocycles. The summed E-state index contributed by atoms with van der Waals surface area (Å²) >= 11 is 0. The van der Waals surface area contributed by atoms with Crippen molar-refractivity contribution in [3.8, 4) is 5.88 Å². The van der Waals surface area contributed by atoms with E-state index in [9.17, 15) is 4.79 Å². The molecule has 0 radical (unpaired) electrons. The fourth-order valence-electron chi connectivity index (χ4n) is 2.95. The molecule has 0 spiro atoms. The Balaban J connectivity index is 1.61. The second-order valence-corrected chi connectivity index (χ2v) is 5.67. The van der Waals surface area contributed by atoms with Gasteiger partial charge in [0.1, 0.15) is 11.4 Å². The highest BCUT2D eigenvalue weighted by atomic mass is 16.5. The monoisotopic (exact) mass is 330 g/mol. The fourth-order valence-corrected chi connectivity index (χ4v) is 2.95. The molecule has 3 heterocycles. The number of urea groups is 1. The number of amides is 2. The predicted octanol–water partition coefficient (Wildman–Crippen LogP) is 2.64. The highest BCUT2D eigenvalue weighted by molar-refractivity contribution is 5.90. The molecule has 7 nitrogen and oxygen atoms in total. The largest absolute Gasteiger partial charge is 0.480 e. The maximum Gasteiger partial charge on any atom is 0.319 e. The topological polar surface area (TPSA) is 79.6 Å². The van der Waals surface area contributed by atoms with Crippen molar-refractivity contribution in [2.45, 2.75) is 18.9 Å². The number of pyridine rings is 1. The molecule has 1 aliphatic rings. The van der Waals surface area contributed by atoms with Gasteiger partial charge >= 0.3 is 6.03 Å². The molecule has 7 heteroatoms. The Morgan fingerprint density at radius 2 is 2.21 bits per heavy atom. The summed E-state index contributed by atoms with van der Waals surface area (Å²) < 4.78 is 10.7. The molecule has 2 amide bonds. The average molecular weight is 330 g/mol. The van der Waals surface area contributed by atoms with E-state index in [4.69, 9.17) is 9.15 Å². The Bertz CT molecular complexity index is 654. The van der Waals surface area contributed by atoms with Crippen LogP contribution < -0.4 is 15.4 Å². The summed E-state index contributed by atoms with van der Waals surface area (Å²) in [4.78, 5) is 18.6. The van der Waals surface area contributed by atoms with Gasteiger partial charge < -0.3 is 19.8 Å². The van der Waals surface area contributed by atoms with Gasteiger partial charge in [-0.15, -0.1) is 0 Å². The number of hydrogen-bond donors (Lipinski definition) is 2. The van der Waals surface area contributed by atoms with E-state index in [1.54, 1.807) is 24.6 Å². The first-order valence-corrected chi connectivity index (χ1v) is 8.09. The quantitative estimate of drug-likeness (QED) is 0.851. The Morgan fingerprint density at radius 3 is 2.92 bits per heavy atom. The molecule has 0 aromatic carbocycles. The number of nitrogens with one attached hydrogen (secondary N) is 2. The van der Waals surface area contributed by atoms with Crippen LogP contribution in [-0.2, 0) is 0 Å². The van der Waals surface area contributed by atoms with Crippen LogP contribution in [0.4, 0.5) is 10.5 Å². The van der Waals surface area contributed by atoms with E-state index in [0.717, 1.165) is 18.8 Å². The first-order valence-electron chi connectivity index (χ1n) is 8.09. The molecular formula is C17H22N4O3. The molecule has 0 aliphatic carbocycles. The zero-order valence-electron chi connectivity index (χ0n) is 13.7. The Morgan fingerprint density at radius 1 is 1.38 bits per heavy atom. The summed E-state index contributed by atoms with van der Waals surface area (Å²) in [6.45, 7) is 2.51. The van der Waals surface area contributed by atoms with Gasteiger partial charge in [0.05, 0.1) is 19.4 Å². The van der Waals surface area contributed by atoms with Crippen LogP contribution in [-0.4, -0.2) is 42.7 Å². The van der Waals surface area contributed by atoms with Gasteiger partial charge in [0.15, 0.2) is 0 Å². The number of ether oxygens (including phenoxy) is 1. The first kappa shape index (κ1) is 16.3. The summed E-state index contributed by atoms with van der Waals surface area (Å²) in [5.41, 5.74) is 0.535. The Hall–Kier alpha value is -2.54. The molecule has 0 bridgehead atoms. The Kier molecular flexibility index (Phi) is 5.32. The maximum absolute atomic E-state index is 12.2. The summed E-state index contributed by atoms with van der Waals surface area (Å²) in [5.74, 6) is 1.26. The standard InChI is InChI=1S/C17H22N4O3/c1-23-16-13(6-4-8-18-16)20-17(22)19-12-14(15-7-5-11-24-15)21-9-2-3-10-21/h4-8,11,14H,2-3,9-10,12H2,1H3,(H2,19,20,22). The van der Waals surface area contributed by atoms with Crippen LogP contribution in [0.15, 0.2) is 41.1 Å². The number of hydrogen-bond acceptors (Lipinski definition) is 5. The van der Waals surface area contributed by atoms with Crippen molar-refractivity contribution in [2.24, 2.45) is 0 Å². The van der Waals surface area contributed by atoms with E-state index in [1.807, 2.05) is 12.1 Å². The lowest BCUT2D eigenvalue weighted by molar-refractivity contribution is 0.206. The van der Waals surface area contributed by atoms with Crippen molar-refractivity contribution in [1.82, 2.24) is 15.2 Å². The van der Waals surface area contributed by atoms with E-state index in [1.165, 1.54) is 20.0 Å². The third-order valence-corrected chi connectivity index (χ3v) is 4.12. The summed E-state index contributed by atoms with van der Waals surface area (Å²) in [7, 11) is 1.52. The van der Waals surface area contributed by atoms with Crippen LogP contribution in [0.1, 0.15) is 24.6 Å². The molecule has 1 fully saturated rings. The SMILES string of the molecule is COc1ncccc1NC(=O)NCC(c1ccco1)N1CCCC1. The fraction of sp³-hybridized carbons (Fsp3) is 0.412. The zero-order valence-corrected chi connectivity index (χ0v) is 13.7. The van der Waals surface area contributed by atoms with Crippen molar-refractivity contribution < 1.29 is 13.9 Å². The van der Waals surface area contributed by atoms with Gasteiger partial charge in [-0.05, 0) is 50.2 Å². The molecule has 2 N–H and O–H groups in total. The van der Waals surface area contributed by atoms with Crippen molar-refractivity contribution in [3.63, 3.8) is 0 Å². The molecule has 24 heavy (non-hydrogen) atoms. The van der Waals surface area contributed by atoms with E-state index in [-0.39, 0.29) is 12.1 Å². The minimum Gasteiger partial charge on any atom is -0.480 e. The van der Waals surface area contributed by atoms with Gasteiger partial charge in [-0.3, -0.25) is 4.90 Å². The molecule has 3 rings (SSSR count). The first-order chi connectivity index (χ1) is 11.8. The number of likely N-dealkylation sites (tertiary alicyclic amines) is 1. The smallest absolute Gasteiger partial charge is 0.319 e. The molecule has 1 saturated heterocycles. The van der Waals surface area contributed by atoms with Crippen LogP contribution in [0.5, 0.6) is 5.88 Å². The lowest BCUT2D eigenvalue weighted by atomic mass is 10.2. The summed E-state index contributed by atoms with van der Waals surface area (Å²) in [6.07, 6.45) is 5.63. The van der Waals surface area contributed by atoms with Crippen molar-refractivity contribution >= 4 is 11.7 Å². The second-order valence-electron chi connectivity index (χ2n) is 5.67. The highest BCUT2D eigenvalue weighted by Gasteiger charge is 2.26. The minimum atomic E-state index is -0.294. The normalized spacial score (nSPS) is 15.9. The molecule has 1 aliphatic heterocycles. The zero-order chi connectivity index (χ0) is 16.8. The van der Waals surface area contributed by atoms with Gasteiger partial charge in [0.25, 0.3) is 0 Å². The van der Waals surface area contributed by atoms with E-state index < -0.39 is 0 Å². The van der Waals surface area contributed by atoms with Gasteiger partial charge in [-0.1, -0.05) is 0 Å². The number of carbonyl (C=O) groups excluding carboxylic acids is 1. The van der Waals surface area contributed by atoms with Crippen molar-refractivity contribution in [1.29, 1.82) is 0 Å². The van der Waals surface area contributed by atoms with Crippen molar-refractivity contribution in [2.75, 3.05) is 32.1 Å². The molecule has 1 unspecified atom stereocenters. The summed E-state index contributed by atoms with van der Waals surface area (Å²) in [6, 6.07) is 7.07.